The third kappa shape index (κ3) is 4.07. The van der Waals surface area contributed by atoms with E-state index < -0.39 is 21.6 Å². The van der Waals surface area contributed by atoms with E-state index in [-0.39, 0.29) is 21.6 Å². The minimum atomic E-state index is -3.44. The molecule has 0 aromatic heterocycles. The number of nitrogens with one attached hydrogen (secondary N) is 1. The van der Waals surface area contributed by atoms with Crippen LogP contribution in [0.15, 0.2) is 53.4 Å². The molecule has 1 aliphatic carbocycles. The molecular formula is C19H20FNO3S. The van der Waals surface area contributed by atoms with Gasteiger partial charge in [-0.05, 0) is 60.7 Å². The summed E-state index contributed by atoms with van der Waals surface area (Å²) in [4.78, 5) is 12.5. The van der Waals surface area contributed by atoms with E-state index in [0.29, 0.717) is 5.69 Å². The zero-order chi connectivity index (χ0) is 18.1. The van der Waals surface area contributed by atoms with Crippen LogP contribution in [0.25, 0.3) is 0 Å². The average Bonchev–Trinajstić information content (AvgIpc) is 2.55. The number of hydrogen-bond donors (Lipinski definition) is 1. The van der Waals surface area contributed by atoms with Gasteiger partial charge in [0.25, 0.3) is 5.91 Å². The summed E-state index contributed by atoms with van der Waals surface area (Å²) in [6.07, 6.45) is 2.89. The van der Waals surface area contributed by atoms with E-state index in [0.717, 1.165) is 19.3 Å². The first-order valence-electron chi connectivity index (χ1n) is 8.17. The van der Waals surface area contributed by atoms with Gasteiger partial charge in [0.15, 0.2) is 9.84 Å². The lowest BCUT2D eigenvalue weighted by atomic mass is 9.72. The van der Waals surface area contributed by atoms with Crippen LogP contribution in [0.4, 0.5) is 10.1 Å². The highest BCUT2D eigenvalue weighted by Crippen LogP contribution is 2.42. The third-order valence-corrected chi connectivity index (χ3v) is 6.71. The zero-order valence-corrected chi connectivity index (χ0v) is 14.8. The minimum absolute atomic E-state index is 0.100. The Labute approximate surface area is 147 Å². The molecule has 1 amide bonds. The number of carbonyl (C=O) groups is 1. The first-order chi connectivity index (χ1) is 11.8. The second kappa shape index (κ2) is 6.59. The van der Waals surface area contributed by atoms with Gasteiger partial charge < -0.3 is 5.32 Å². The van der Waals surface area contributed by atoms with Gasteiger partial charge in [0.05, 0.1) is 10.6 Å². The standard InChI is InChI=1S/C19H20FNO3S/c1-19(10-3-11-19)13-25(23,24)17-5-2-4-14(12-17)18(22)21-16-8-6-15(20)7-9-16/h2,4-9,12H,3,10-11,13H2,1H3,(H,21,22). The molecule has 0 unspecified atom stereocenters. The minimum Gasteiger partial charge on any atom is -0.322 e. The molecule has 0 bridgehead atoms. The van der Waals surface area contributed by atoms with E-state index in [4.69, 9.17) is 0 Å². The molecule has 0 heterocycles. The largest absolute Gasteiger partial charge is 0.322 e. The summed E-state index contributed by atoms with van der Waals surface area (Å²) in [5, 5.41) is 2.63. The van der Waals surface area contributed by atoms with Crippen molar-refractivity contribution >= 4 is 21.4 Å². The van der Waals surface area contributed by atoms with E-state index in [9.17, 15) is 17.6 Å². The van der Waals surface area contributed by atoms with Gasteiger partial charge in [-0.1, -0.05) is 19.4 Å². The molecule has 132 valence electrons. The Morgan fingerprint density at radius 2 is 1.84 bits per heavy atom. The monoisotopic (exact) mass is 361 g/mol. The number of hydrogen-bond acceptors (Lipinski definition) is 3. The Kier molecular flexibility index (Phi) is 4.64. The fourth-order valence-corrected chi connectivity index (χ4v) is 5.00. The van der Waals surface area contributed by atoms with Crippen molar-refractivity contribution in [2.45, 2.75) is 31.1 Å². The molecule has 2 aromatic rings. The molecule has 3 rings (SSSR count). The zero-order valence-electron chi connectivity index (χ0n) is 14.0. The molecule has 6 heteroatoms. The van der Waals surface area contributed by atoms with Crippen molar-refractivity contribution < 1.29 is 17.6 Å². The highest BCUT2D eigenvalue weighted by molar-refractivity contribution is 7.91. The van der Waals surface area contributed by atoms with E-state index in [1.807, 2.05) is 6.92 Å². The third-order valence-electron chi connectivity index (χ3n) is 4.66. The number of benzene rings is 2. The van der Waals surface area contributed by atoms with Crippen LogP contribution in [-0.4, -0.2) is 20.1 Å². The molecular weight excluding hydrogens is 341 g/mol. The normalized spacial score (nSPS) is 16.1. The second-order valence-electron chi connectivity index (χ2n) is 6.91. The fourth-order valence-electron chi connectivity index (χ4n) is 3.03. The quantitative estimate of drug-likeness (QED) is 0.874. The number of anilines is 1. The topological polar surface area (TPSA) is 63.2 Å². The summed E-state index contributed by atoms with van der Waals surface area (Å²) < 4.78 is 38.2. The fraction of sp³-hybridized carbons (Fsp3) is 0.316. The van der Waals surface area contributed by atoms with E-state index in [1.165, 1.54) is 36.4 Å². The Morgan fingerprint density at radius 3 is 2.44 bits per heavy atom. The van der Waals surface area contributed by atoms with Crippen LogP contribution in [0, 0.1) is 11.2 Å². The summed E-state index contributed by atoms with van der Waals surface area (Å²) in [6.45, 7) is 1.99. The van der Waals surface area contributed by atoms with Crippen LogP contribution in [0.5, 0.6) is 0 Å². The Hall–Kier alpha value is -2.21. The van der Waals surface area contributed by atoms with Crippen LogP contribution in [0.1, 0.15) is 36.5 Å². The summed E-state index contributed by atoms with van der Waals surface area (Å²) in [6, 6.07) is 11.4. The van der Waals surface area contributed by atoms with E-state index in [2.05, 4.69) is 5.32 Å². The molecule has 4 nitrogen and oxygen atoms in total. The molecule has 1 aliphatic rings. The first kappa shape index (κ1) is 17.6. The SMILES string of the molecule is CC1(CS(=O)(=O)c2cccc(C(=O)Nc3ccc(F)cc3)c2)CCC1. The smallest absolute Gasteiger partial charge is 0.255 e. The van der Waals surface area contributed by atoms with Gasteiger partial charge in [0.2, 0.25) is 0 Å². The lowest BCUT2D eigenvalue weighted by molar-refractivity contribution is 0.102. The van der Waals surface area contributed by atoms with Crippen LogP contribution < -0.4 is 5.32 Å². The van der Waals surface area contributed by atoms with Crippen molar-refractivity contribution in [2.75, 3.05) is 11.1 Å². The number of carbonyl (C=O) groups excluding carboxylic acids is 1. The molecule has 2 aromatic carbocycles. The summed E-state index contributed by atoms with van der Waals surface area (Å²) in [5.41, 5.74) is 0.538. The molecule has 0 saturated heterocycles. The lowest BCUT2D eigenvalue weighted by Gasteiger charge is -2.37. The molecule has 1 saturated carbocycles. The van der Waals surface area contributed by atoms with Crippen molar-refractivity contribution in [3.63, 3.8) is 0 Å². The van der Waals surface area contributed by atoms with Crippen molar-refractivity contribution in [3.8, 4) is 0 Å². The molecule has 0 atom stereocenters. The van der Waals surface area contributed by atoms with Gasteiger partial charge in [0.1, 0.15) is 5.82 Å². The highest BCUT2D eigenvalue weighted by Gasteiger charge is 2.37. The Bertz CT molecular complexity index is 887. The molecule has 25 heavy (non-hydrogen) atoms. The Balaban J connectivity index is 1.78. The number of amides is 1. The summed E-state index contributed by atoms with van der Waals surface area (Å²) in [5.74, 6) is -0.725. The van der Waals surface area contributed by atoms with E-state index in [1.54, 1.807) is 12.1 Å². The van der Waals surface area contributed by atoms with Gasteiger partial charge in [-0.15, -0.1) is 0 Å². The van der Waals surface area contributed by atoms with Crippen LogP contribution in [0.3, 0.4) is 0 Å². The number of sulfone groups is 1. The number of halogens is 1. The maximum Gasteiger partial charge on any atom is 0.255 e. The average molecular weight is 361 g/mol. The maximum absolute atomic E-state index is 12.9. The van der Waals surface area contributed by atoms with Gasteiger partial charge in [-0.25, -0.2) is 12.8 Å². The highest BCUT2D eigenvalue weighted by atomic mass is 32.2. The summed E-state index contributed by atoms with van der Waals surface area (Å²) in [7, 11) is -3.44. The Morgan fingerprint density at radius 1 is 1.16 bits per heavy atom. The van der Waals surface area contributed by atoms with Crippen LogP contribution >= 0.6 is 0 Å². The summed E-state index contributed by atoms with van der Waals surface area (Å²) >= 11 is 0. The first-order valence-corrected chi connectivity index (χ1v) is 9.82. The maximum atomic E-state index is 12.9. The van der Waals surface area contributed by atoms with Gasteiger partial charge >= 0.3 is 0 Å². The van der Waals surface area contributed by atoms with Crippen LogP contribution in [-0.2, 0) is 9.84 Å². The van der Waals surface area contributed by atoms with Gasteiger partial charge in [-0.2, -0.15) is 0 Å². The van der Waals surface area contributed by atoms with Crippen molar-refractivity contribution in [1.29, 1.82) is 0 Å². The van der Waals surface area contributed by atoms with Crippen LogP contribution in [0.2, 0.25) is 0 Å². The van der Waals surface area contributed by atoms with Gasteiger partial charge in [0, 0.05) is 11.3 Å². The van der Waals surface area contributed by atoms with E-state index >= 15 is 0 Å². The predicted octanol–water partition coefficient (Wildman–Crippen LogP) is 4.04. The second-order valence-corrected chi connectivity index (χ2v) is 8.90. The molecule has 1 fully saturated rings. The lowest BCUT2D eigenvalue weighted by Crippen LogP contribution is -2.33. The predicted molar refractivity (Wildman–Crippen MR) is 94.8 cm³/mol. The molecule has 0 aliphatic heterocycles. The van der Waals surface area contributed by atoms with Crippen molar-refractivity contribution in [3.05, 3.63) is 59.9 Å². The molecule has 1 N–H and O–H groups in total. The van der Waals surface area contributed by atoms with Crippen molar-refractivity contribution in [1.82, 2.24) is 0 Å². The molecule has 0 spiro atoms. The van der Waals surface area contributed by atoms with Crippen molar-refractivity contribution in [2.24, 2.45) is 5.41 Å². The number of rotatable bonds is 5. The van der Waals surface area contributed by atoms with Gasteiger partial charge in [-0.3, -0.25) is 4.79 Å². The molecule has 0 radical (unpaired) electrons.